The molecule has 0 amide bonds. The number of methoxy groups -OCH3 is 2. The summed E-state index contributed by atoms with van der Waals surface area (Å²) in [4.78, 5) is 0. The van der Waals surface area contributed by atoms with Crippen molar-refractivity contribution in [2.45, 2.75) is 19.8 Å². The van der Waals surface area contributed by atoms with Crippen LogP contribution in [0.15, 0.2) is 12.1 Å². The maximum absolute atomic E-state index is 5.50. The molecule has 1 aliphatic rings. The monoisotopic (exact) mass is 264 g/mol. The Balaban J connectivity index is 2.04. The molecular formula is C15H24N2O2. The molecule has 19 heavy (non-hydrogen) atoms. The minimum absolute atomic E-state index is 0.695. The first kappa shape index (κ1) is 14.0. The van der Waals surface area contributed by atoms with Gasteiger partial charge in [0.15, 0.2) is 0 Å². The molecule has 1 aromatic rings. The maximum Gasteiger partial charge on any atom is 0.148 e. The first-order valence-corrected chi connectivity index (χ1v) is 6.92. The fourth-order valence-corrected chi connectivity index (χ4v) is 2.65. The fourth-order valence-electron chi connectivity index (χ4n) is 2.65. The predicted molar refractivity (Wildman–Crippen MR) is 78.4 cm³/mol. The average molecular weight is 264 g/mol. The van der Waals surface area contributed by atoms with Gasteiger partial charge in [0.2, 0.25) is 0 Å². The largest absolute Gasteiger partial charge is 0.496 e. The Morgan fingerprint density at radius 1 is 1.32 bits per heavy atom. The van der Waals surface area contributed by atoms with Gasteiger partial charge < -0.3 is 20.1 Å². The second-order valence-corrected chi connectivity index (χ2v) is 5.07. The predicted octanol–water partition coefficient (Wildman–Crippen LogP) is 2.42. The van der Waals surface area contributed by atoms with Crippen molar-refractivity contribution in [1.29, 1.82) is 0 Å². The van der Waals surface area contributed by atoms with Gasteiger partial charge in [0.1, 0.15) is 11.5 Å². The molecule has 4 nitrogen and oxygen atoms in total. The van der Waals surface area contributed by atoms with Gasteiger partial charge in [-0.25, -0.2) is 0 Å². The molecule has 2 rings (SSSR count). The van der Waals surface area contributed by atoms with Crippen LogP contribution in [-0.2, 0) is 0 Å². The van der Waals surface area contributed by atoms with Crippen LogP contribution in [0.1, 0.15) is 18.4 Å². The lowest BCUT2D eigenvalue weighted by molar-refractivity contribution is 0.385. The Bertz CT molecular complexity index is 415. The molecule has 1 heterocycles. The van der Waals surface area contributed by atoms with Crippen molar-refractivity contribution in [2.24, 2.45) is 5.92 Å². The molecule has 0 aromatic heterocycles. The van der Waals surface area contributed by atoms with Crippen LogP contribution in [0.25, 0.3) is 0 Å². The van der Waals surface area contributed by atoms with Gasteiger partial charge in [-0.3, -0.25) is 0 Å². The SMILES string of the molecule is COc1ccc(NCC2CCCNC2)c(OC)c1C. The lowest BCUT2D eigenvalue weighted by Gasteiger charge is -2.24. The molecule has 0 bridgehead atoms. The number of anilines is 1. The van der Waals surface area contributed by atoms with Crippen LogP contribution in [-0.4, -0.2) is 33.9 Å². The van der Waals surface area contributed by atoms with E-state index in [0.29, 0.717) is 5.92 Å². The summed E-state index contributed by atoms with van der Waals surface area (Å²) >= 11 is 0. The van der Waals surface area contributed by atoms with Crippen molar-refractivity contribution in [3.05, 3.63) is 17.7 Å². The highest BCUT2D eigenvalue weighted by atomic mass is 16.5. The van der Waals surface area contributed by atoms with Crippen LogP contribution in [0, 0.1) is 12.8 Å². The highest BCUT2D eigenvalue weighted by molar-refractivity contribution is 5.63. The molecule has 106 valence electrons. The van der Waals surface area contributed by atoms with Gasteiger partial charge in [-0.15, -0.1) is 0 Å². The van der Waals surface area contributed by atoms with Gasteiger partial charge in [-0.2, -0.15) is 0 Å². The van der Waals surface area contributed by atoms with Gasteiger partial charge in [0.25, 0.3) is 0 Å². The Kier molecular flexibility index (Phi) is 4.91. The lowest BCUT2D eigenvalue weighted by Crippen LogP contribution is -2.33. The Morgan fingerprint density at radius 2 is 2.16 bits per heavy atom. The normalized spacial score (nSPS) is 19.0. The van der Waals surface area contributed by atoms with Gasteiger partial charge in [0, 0.05) is 12.1 Å². The van der Waals surface area contributed by atoms with Crippen LogP contribution >= 0.6 is 0 Å². The van der Waals surface area contributed by atoms with E-state index in [0.717, 1.165) is 42.4 Å². The van der Waals surface area contributed by atoms with E-state index < -0.39 is 0 Å². The van der Waals surface area contributed by atoms with Gasteiger partial charge in [-0.1, -0.05) is 0 Å². The zero-order chi connectivity index (χ0) is 13.7. The van der Waals surface area contributed by atoms with Gasteiger partial charge >= 0.3 is 0 Å². The molecule has 0 saturated carbocycles. The van der Waals surface area contributed by atoms with Crippen LogP contribution in [0.2, 0.25) is 0 Å². The Labute approximate surface area is 115 Å². The van der Waals surface area contributed by atoms with Crippen LogP contribution in [0.5, 0.6) is 11.5 Å². The summed E-state index contributed by atoms with van der Waals surface area (Å²) in [6, 6.07) is 4.01. The first-order valence-electron chi connectivity index (χ1n) is 6.92. The fraction of sp³-hybridized carbons (Fsp3) is 0.600. The van der Waals surface area contributed by atoms with E-state index in [1.165, 1.54) is 12.8 Å². The molecule has 2 N–H and O–H groups in total. The molecule has 0 aliphatic carbocycles. The van der Waals surface area contributed by atoms with Crippen molar-refractivity contribution in [3.8, 4) is 11.5 Å². The first-order chi connectivity index (χ1) is 9.26. The van der Waals surface area contributed by atoms with Crippen LogP contribution in [0.4, 0.5) is 5.69 Å². The van der Waals surface area contributed by atoms with E-state index in [9.17, 15) is 0 Å². The zero-order valence-corrected chi connectivity index (χ0v) is 12.1. The smallest absolute Gasteiger partial charge is 0.148 e. The number of hydrogen-bond acceptors (Lipinski definition) is 4. The molecule has 1 atom stereocenters. The van der Waals surface area contributed by atoms with E-state index in [2.05, 4.69) is 10.6 Å². The van der Waals surface area contributed by atoms with E-state index >= 15 is 0 Å². The molecule has 1 aromatic carbocycles. The topological polar surface area (TPSA) is 42.5 Å². The Morgan fingerprint density at radius 3 is 2.79 bits per heavy atom. The maximum atomic E-state index is 5.50. The standard InChI is InChI=1S/C15H24N2O2/c1-11-14(18-2)7-6-13(15(11)19-3)17-10-12-5-4-8-16-9-12/h6-7,12,16-17H,4-5,8-10H2,1-3H3. The minimum Gasteiger partial charge on any atom is -0.496 e. The summed E-state index contributed by atoms with van der Waals surface area (Å²) in [5, 5.41) is 6.94. The molecule has 0 radical (unpaired) electrons. The number of rotatable bonds is 5. The third kappa shape index (κ3) is 3.32. The zero-order valence-electron chi connectivity index (χ0n) is 12.1. The van der Waals surface area contributed by atoms with Gasteiger partial charge in [-0.05, 0) is 50.9 Å². The summed E-state index contributed by atoms with van der Waals surface area (Å²) in [7, 11) is 3.39. The summed E-state index contributed by atoms with van der Waals surface area (Å²) in [6.45, 7) is 5.26. The molecule has 1 fully saturated rings. The molecule has 0 spiro atoms. The van der Waals surface area contributed by atoms with Crippen molar-refractivity contribution < 1.29 is 9.47 Å². The lowest BCUT2D eigenvalue weighted by atomic mass is 9.99. The third-order valence-electron chi connectivity index (χ3n) is 3.76. The molecule has 1 saturated heterocycles. The second kappa shape index (κ2) is 6.66. The quantitative estimate of drug-likeness (QED) is 0.857. The second-order valence-electron chi connectivity index (χ2n) is 5.07. The highest BCUT2D eigenvalue weighted by Gasteiger charge is 2.15. The highest BCUT2D eigenvalue weighted by Crippen LogP contribution is 2.35. The average Bonchev–Trinajstić information content (AvgIpc) is 2.46. The van der Waals surface area contributed by atoms with E-state index in [1.54, 1.807) is 14.2 Å². The summed E-state index contributed by atoms with van der Waals surface area (Å²) in [5.41, 5.74) is 2.09. The van der Waals surface area contributed by atoms with E-state index in [-0.39, 0.29) is 0 Å². The number of hydrogen-bond donors (Lipinski definition) is 2. The van der Waals surface area contributed by atoms with E-state index in [4.69, 9.17) is 9.47 Å². The number of ether oxygens (including phenoxy) is 2. The molecular weight excluding hydrogens is 240 g/mol. The summed E-state index contributed by atoms with van der Waals surface area (Å²) in [6.07, 6.45) is 2.56. The molecule has 1 unspecified atom stereocenters. The van der Waals surface area contributed by atoms with Crippen LogP contribution < -0.4 is 20.1 Å². The Hall–Kier alpha value is -1.42. The third-order valence-corrected chi connectivity index (χ3v) is 3.76. The van der Waals surface area contributed by atoms with Crippen molar-refractivity contribution in [3.63, 3.8) is 0 Å². The van der Waals surface area contributed by atoms with Crippen molar-refractivity contribution >= 4 is 5.69 Å². The van der Waals surface area contributed by atoms with Crippen molar-refractivity contribution in [2.75, 3.05) is 39.2 Å². The van der Waals surface area contributed by atoms with Gasteiger partial charge in [0.05, 0.1) is 19.9 Å². The summed E-state index contributed by atoms with van der Waals surface area (Å²) in [5.74, 6) is 2.44. The van der Waals surface area contributed by atoms with E-state index in [1.807, 2.05) is 19.1 Å². The molecule has 1 aliphatic heterocycles. The number of benzene rings is 1. The number of nitrogens with one attached hydrogen (secondary N) is 2. The number of piperidine rings is 1. The van der Waals surface area contributed by atoms with Crippen molar-refractivity contribution in [1.82, 2.24) is 5.32 Å². The molecule has 4 heteroatoms. The summed E-state index contributed by atoms with van der Waals surface area (Å²) < 4.78 is 10.8. The van der Waals surface area contributed by atoms with Crippen LogP contribution in [0.3, 0.4) is 0 Å². The minimum atomic E-state index is 0.695.